The van der Waals surface area contributed by atoms with E-state index in [0.29, 0.717) is 11.6 Å². The van der Waals surface area contributed by atoms with Crippen LogP contribution < -0.4 is 10.1 Å². The molecule has 4 heteroatoms. The van der Waals surface area contributed by atoms with Gasteiger partial charge in [-0.3, -0.25) is 0 Å². The number of ether oxygens (including phenoxy) is 1. The van der Waals surface area contributed by atoms with Gasteiger partial charge in [0.25, 0.3) is 0 Å². The SMILES string of the molecule is CCOc1ccc(Cl)cc1NCc1ccc(C)c(Br)c1. The van der Waals surface area contributed by atoms with Crippen LogP contribution in [0.2, 0.25) is 5.02 Å². The first-order chi connectivity index (χ1) is 9.60. The molecule has 0 fully saturated rings. The third kappa shape index (κ3) is 3.90. The molecule has 20 heavy (non-hydrogen) atoms. The summed E-state index contributed by atoms with van der Waals surface area (Å²) in [6.45, 7) is 5.40. The first kappa shape index (κ1) is 15.2. The molecule has 0 bridgehead atoms. The zero-order valence-electron chi connectivity index (χ0n) is 11.5. The van der Waals surface area contributed by atoms with Gasteiger partial charge in [-0.1, -0.05) is 39.7 Å². The van der Waals surface area contributed by atoms with Crippen LogP contribution in [0.1, 0.15) is 18.1 Å². The zero-order chi connectivity index (χ0) is 14.5. The smallest absolute Gasteiger partial charge is 0.142 e. The molecule has 0 aliphatic rings. The van der Waals surface area contributed by atoms with Crippen molar-refractivity contribution in [3.63, 3.8) is 0 Å². The second kappa shape index (κ2) is 7.00. The predicted octanol–water partition coefficient (Wildman–Crippen LogP) is 5.42. The van der Waals surface area contributed by atoms with Crippen LogP contribution >= 0.6 is 27.5 Å². The van der Waals surface area contributed by atoms with Crippen molar-refractivity contribution in [2.45, 2.75) is 20.4 Å². The fourth-order valence-corrected chi connectivity index (χ4v) is 2.46. The van der Waals surface area contributed by atoms with E-state index in [1.165, 1.54) is 11.1 Å². The van der Waals surface area contributed by atoms with E-state index in [-0.39, 0.29) is 0 Å². The Kier molecular flexibility index (Phi) is 5.32. The lowest BCUT2D eigenvalue weighted by atomic mass is 10.1. The van der Waals surface area contributed by atoms with Crippen LogP contribution in [0.5, 0.6) is 5.75 Å². The Morgan fingerprint density at radius 3 is 2.70 bits per heavy atom. The Hall–Kier alpha value is -1.19. The highest BCUT2D eigenvalue weighted by Gasteiger charge is 2.05. The van der Waals surface area contributed by atoms with Crippen LogP contribution in [0.3, 0.4) is 0 Å². The first-order valence-corrected chi connectivity index (χ1v) is 7.68. The van der Waals surface area contributed by atoms with Crippen molar-refractivity contribution in [1.29, 1.82) is 0 Å². The van der Waals surface area contributed by atoms with Crippen molar-refractivity contribution in [3.8, 4) is 5.75 Å². The lowest BCUT2D eigenvalue weighted by Crippen LogP contribution is -2.03. The second-order valence-corrected chi connectivity index (χ2v) is 5.80. The van der Waals surface area contributed by atoms with E-state index >= 15 is 0 Å². The van der Waals surface area contributed by atoms with Gasteiger partial charge in [0, 0.05) is 16.0 Å². The van der Waals surface area contributed by atoms with Crippen LogP contribution in [0.4, 0.5) is 5.69 Å². The average molecular weight is 355 g/mol. The monoisotopic (exact) mass is 353 g/mol. The van der Waals surface area contributed by atoms with Crippen LogP contribution in [0, 0.1) is 6.92 Å². The number of anilines is 1. The van der Waals surface area contributed by atoms with Crippen LogP contribution in [0.25, 0.3) is 0 Å². The summed E-state index contributed by atoms with van der Waals surface area (Å²) in [7, 11) is 0. The molecule has 0 aliphatic heterocycles. The Morgan fingerprint density at radius 2 is 2.00 bits per heavy atom. The minimum absolute atomic E-state index is 0.631. The van der Waals surface area contributed by atoms with E-state index in [2.05, 4.69) is 46.4 Å². The minimum Gasteiger partial charge on any atom is -0.492 e. The van der Waals surface area contributed by atoms with Crippen molar-refractivity contribution in [3.05, 3.63) is 57.0 Å². The van der Waals surface area contributed by atoms with Crippen molar-refractivity contribution < 1.29 is 4.74 Å². The molecule has 2 rings (SSSR count). The largest absolute Gasteiger partial charge is 0.492 e. The highest BCUT2D eigenvalue weighted by atomic mass is 79.9. The standard InChI is InChI=1S/C16H17BrClNO/c1-3-20-16-7-6-13(18)9-15(16)19-10-12-5-4-11(2)14(17)8-12/h4-9,19H,3,10H2,1-2H3. The summed E-state index contributed by atoms with van der Waals surface area (Å²) in [6, 6.07) is 11.9. The van der Waals surface area contributed by atoms with E-state index < -0.39 is 0 Å². The second-order valence-electron chi connectivity index (χ2n) is 4.51. The number of aryl methyl sites for hydroxylation is 1. The minimum atomic E-state index is 0.631. The first-order valence-electron chi connectivity index (χ1n) is 6.51. The molecule has 2 aromatic carbocycles. The summed E-state index contributed by atoms with van der Waals surface area (Å²) < 4.78 is 6.71. The van der Waals surface area contributed by atoms with E-state index in [0.717, 1.165) is 22.5 Å². The maximum atomic E-state index is 6.04. The molecule has 0 amide bonds. The third-order valence-electron chi connectivity index (χ3n) is 2.96. The molecule has 0 radical (unpaired) electrons. The van der Waals surface area contributed by atoms with Crippen molar-refractivity contribution in [2.75, 3.05) is 11.9 Å². The zero-order valence-corrected chi connectivity index (χ0v) is 13.9. The molecular weight excluding hydrogens is 338 g/mol. The van der Waals surface area contributed by atoms with Crippen LogP contribution in [-0.4, -0.2) is 6.61 Å². The molecule has 1 N–H and O–H groups in total. The molecule has 2 aromatic rings. The quantitative estimate of drug-likeness (QED) is 0.774. The number of halogens is 2. The maximum absolute atomic E-state index is 6.04. The fourth-order valence-electron chi connectivity index (χ4n) is 1.87. The van der Waals surface area contributed by atoms with E-state index in [9.17, 15) is 0 Å². The number of nitrogens with one attached hydrogen (secondary N) is 1. The van der Waals surface area contributed by atoms with Gasteiger partial charge in [0.15, 0.2) is 0 Å². The molecule has 0 aliphatic carbocycles. The Morgan fingerprint density at radius 1 is 1.20 bits per heavy atom. The lowest BCUT2D eigenvalue weighted by molar-refractivity contribution is 0.341. The third-order valence-corrected chi connectivity index (χ3v) is 4.05. The molecule has 0 saturated heterocycles. The molecule has 0 spiro atoms. The van der Waals surface area contributed by atoms with Gasteiger partial charge in [-0.25, -0.2) is 0 Å². The molecular formula is C16H17BrClNO. The summed E-state index contributed by atoms with van der Waals surface area (Å²) in [6.07, 6.45) is 0. The van der Waals surface area contributed by atoms with Crippen LogP contribution in [0.15, 0.2) is 40.9 Å². The van der Waals surface area contributed by atoms with Gasteiger partial charge in [0.2, 0.25) is 0 Å². The number of hydrogen-bond acceptors (Lipinski definition) is 2. The summed E-state index contributed by atoms with van der Waals surface area (Å²) in [5.41, 5.74) is 3.34. The summed E-state index contributed by atoms with van der Waals surface area (Å²) in [5.74, 6) is 0.822. The van der Waals surface area contributed by atoms with E-state index in [4.69, 9.17) is 16.3 Å². The van der Waals surface area contributed by atoms with E-state index in [1.54, 1.807) is 0 Å². The highest BCUT2D eigenvalue weighted by Crippen LogP contribution is 2.28. The van der Waals surface area contributed by atoms with Gasteiger partial charge in [0.05, 0.1) is 12.3 Å². The Labute approximate surface area is 133 Å². The van der Waals surface area contributed by atoms with Gasteiger partial charge in [-0.2, -0.15) is 0 Å². The average Bonchev–Trinajstić information content (AvgIpc) is 2.43. The highest BCUT2D eigenvalue weighted by molar-refractivity contribution is 9.10. The summed E-state index contributed by atoms with van der Waals surface area (Å²) in [5, 5.41) is 4.07. The molecule has 2 nitrogen and oxygen atoms in total. The lowest BCUT2D eigenvalue weighted by Gasteiger charge is -2.13. The van der Waals surface area contributed by atoms with Gasteiger partial charge in [-0.15, -0.1) is 0 Å². The topological polar surface area (TPSA) is 21.3 Å². The van der Waals surface area contributed by atoms with Gasteiger partial charge >= 0.3 is 0 Å². The summed E-state index contributed by atoms with van der Waals surface area (Å²) >= 11 is 9.59. The van der Waals surface area contributed by atoms with Crippen molar-refractivity contribution >= 4 is 33.2 Å². The van der Waals surface area contributed by atoms with Crippen molar-refractivity contribution in [1.82, 2.24) is 0 Å². The molecule has 106 valence electrons. The van der Waals surface area contributed by atoms with E-state index in [1.807, 2.05) is 25.1 Å². The Bertz CT molecular complexity index is 601. The number of rotatable bonds is 5. The maximum Gasteiger partial charge on any atom is 0.142 e. The predicted molar refractivity (Wildman–Crippen MR) is 88.8 cm³/mol. The molecule has 0 atom stereocenters. The fraction of sp³-hybridized carbons (Fsp3) is 0.250. The molecule has 0 heterocycles. The van der Waals surface area contributed by atoms with Crippen molar-refractivity contribution in [2.24, 2.45) is 0 Å². The number of hydrogen-bond donors (Lipinski definition) is 1. The normalized spacial score (nSPS) is 10.4. The number of benzene rings is 2. The van der Waals surface area contributed by atoms with Gasteiger partial charge in [-0.05, 0) is 49.2 Å². The molecule has 0 unspecified atom stereocenters. The molecule has 0 aromatic heterocycles. The van der Waals surface area contributed by atoms with Gasteiger partial charge in [0.1, 0.15) is 5.75 Å². The molecule has 0 saturated carbocycles. The summed E-state index contributed by atoms with van der Waals surface area (Å²) in [4.78, 5) is 0. The van der Waals surface area contributed by atoms with Gasteiger partial charge < -0.3 is 10.1 Å². The Balaban J connectivity index is 2.13. The van der Waals surface area contributed by atoms with Crippen LogP contribution in [-0.2, 0) is 6.54 Å².